The van der Waals surface area contributed by atoms with E-state index in [0.717, 1.165) is 45.3 Å². The maximum absolute atomic E-state index is 12.3. The maximum Gasteiger partial charge on any atom is 0.279 e. The van der Waals surface area contributed by atoms with E-state index in [1.165, 1.54) is 6.42 Å². The molecule has 0 aromatic heterocycles. The van der Waals surface area contributed by atoms with Gasteiger partial charge in [0, 0.05) is 26.2 Å². The topological polar surface area (TPSA) is 70.7 Å². The van der Waals surface area contributed by atoms with Gasteiger partial charge in [0.25, 0.3) is 10.2 Å². The van der Waals surface area contributed by atoms with E-state index in [1.54, 1.807) is 4.31 Å². The molecule has 0 bridgehead atoms. The summed E-state index contributed by atoms with van der Waals surface area (Å²) < 4.78 is 34.6. The van der Waals surface area contributed by atoms with Crippen molar-refractivity contribution in [2.45, 2.75) is 44.6 Å². The van der Waals surface area contributed by atoms with E-state index >= 15 is 0 Å². The smallest absolute Gasteiger partial charge is 0.279 e. The Labute approximate surface area is 128 Å². The molecule has 2 fully saturated rings. The Morgan fingerprint density at radius 3 is 2.81 bits per heavy atom. The molecule has 0 radical (unpaired) electrons. The third-order valence-corrected chi connectivity index (χ3v) is 5.92. The molecule has 0 saturated carbocycles. The first kappa shape index (κ1) is 17.1. The molecule has 0 aromatic carbocycles. The fraction of sp³-hybridized carbons (Fsp3) is 1.00. The third kappa shape index (κ3) is 5.49. The van der Waals surface area contributed by atoms with Crippen molar-refractivity contribution < 1.29 is 13.2 Å². The summed E-state index contributed by atoms with van der Waals surface area (Å²) in [5.41, 5.74) is 0. The maximum atomic E-state index is 12.3. The zero-order valence-electron chi connectivity index (χ0n) is 13.0. The van der Waals surface area contributed by atoms with Gasteiger partial charge in [0.05, 0.1) is 6.10 Å². The van der Waals surface area contributed by atoms with Gasteiger partial charge in [-0.3, -0.25) is 0 Å². The second-order valence-electron chi connectivity index (χ2n) is 6.10. The minimum atomic E-state index is -3.34. The van der Waals surface area contributed by atoms with Crippen molar-refractivity contribution in [3.63, 3.8) is 0 Å². The van der Waals surface area contributed by atoms with Crippen LogP contribution in [0.3, 0.4) is 0 Å². The number of piperidine rings is 1. The molecule has 2 unspecified atom stereocenters. The predicted octanol–water partition coefficient (Wildman–Crippen LogP) is 0.711. The lowest BCUT2D eigenvalue weighted by Crippen LogP contribution is -2.48. The van der Waals surface area contributed by atoms with Crippen LogP contribution in [0, 0.1) is 5.92 Å². The fourth-order valence-electron chi connectivity index (χ4n) is 3.18. The second-order valence-corrected chi connectivity index (χ2v) is 7.86. The van der Waals surface area contributed by atoms with E-state index in [0.29, 0.717) is 25.6 Å². The first-order valence-electron chi connectivity index (χ1n) is 8.13. The minimum absolute atomic E-state index is 0.222. The summed E-state index contributed by atoms with van der Waals surface area (Å²) in [6, 6.07) is 0. The first-order chi connectivity index (χ1) is 10.1. The Morgan fingerprint density at radius 2 is 2.10 bits per heavy atom. The molecule has 0 spiro atoms. The van der Waals surface area contributed by atoms with Gasteiger partial charge in [-0.15, -0.1) is 0 Å². The highest BCUT2D eigenvalue weighted by molar-refractivity contribution is 7.87. The van der Waals surface area contributed by atoms with E-state index in [1.807, 2.05) is 7.05 Å². The lowest BCUT2D eigenvalue weighted by atomic mass is 10.00. The molecule has 0 aromatic rings. The molecule has 2 atom stereocenters. The van der Waals surface area contributed by atoms with Crippen molar-refractivity contribution in [2.75, 3.05) is 39.8 Å². The van der Waals surface area contributed by atoms with Crippen LogP contribution in [0.1, 0.15) is 38.5 Å². The summed E-state index contributed by atoms with van der Waals surface area (Å²) in [5.74, 6) is 0.419. The van der Waals surface area contributed by atoms with Crippen molar-refractivity contribution >= 4 is 10.2 Å². The zero-order valence-corrected chi connectivity index (χ0v) is 13.8. The molecule has 0 amide bonds. The molecular formula is C14H29N3O3S. The van der Waals surface area contributed by atoms with E-state index in [9.17, 15) is 8.42 Å². The molecule has 2 saturated heterocycles. The van der Waals surface area contributed by atoms with Gasteiger partial charge in [-0.25, -0.2) is 4.72 Å². The fourth-order valence-corrected chi connectivity index (χ4v) is 4.51. The normalized spacial score (nSPS) is 28.6. The van der Waals surface area contributed by atoms with Crippen LogP contribution in [-0.4, -0.2) is 58.7 Å². The standard InChI is InChI=1S/C14H29N3O3S/c1-15-11-13-5-4-9-17(12-13)21(18,19)16-8-7-14-6-2-3-10-20-14/h13-16H,2-12H2,1H3. The highest BCUT2D eigenvalue weighted by Crippen LogP contribution is 2.18. The van der Waals surface area contributed by atoms with Crippen molar-refractivity contribution in [1.82, 2.24) is 14.3 Å². The molecule has 2 rings (SSSR count). The van der Waals surface area contributed by atoms with Gasteiger partial charge in [-0.2, -0.15) is 12.7 Å². The Hall–Kier alpha value is -0.210. The molecule has 2 aliphatic heterocycles. The molecular weight excluding hydrogens is 290 g/mol. The molecule has 7 heteroatoms. The Kier molecular flexibility index (Phi) is 6.88. The van der Waals surface area contributed by atoms with Crippen LogP contribution in [-0.2, 0) is 14.9 Å². The van der Waals surface area contributed by atoms with Gasteiger partial charge in [0.2, 0.25) is 0 Å². The Morgan fingerprint density at radius 1 is 1.24 bits per heavy atom. The van der Waals surface area contributed by atoms with Gasteiger partial charge in [0.15, 0.2) is 0 Å². The summed E-state index contributed by atoms with van der Waals surface area (Å²) in [5, 5.41) is 3.14. The monoisotopic (exact) mass is 319 g/mol. The summed E-state index contributed by atoms with van der Waals surface area (Å²) in [6.45, 7) is 3.42. The van der Waals surface area contributed by atoms with E-state index in [2.05, 4.69) is 10.0 Å². The molecule has 2 N–H and O–H groups in total. The van der Waals surface area contributed by atoms with Gasteiger partial charge < -0.3 is 10.1 Å². The summed E-state index contributed by atoms with van der Waals surface area (Å²) in [4.78, 5) is 0. The number of nitrogens with one attached hydrogen (secondary N) is 2. The second kappa shape index (κ2) is 8.43. The molecule has 21 heavy (non-hydrogen) atoms. The number of nitrogens with zero attached hydrogens (tertiary/aromatic N) is 1. The average Bonchev–Trinajstić information content (AvgIpc) is 2.49. The quantitative estimate of drug-likeness (QED) is 0.725. The van der Waals surface area contributed by atoms with Crippen LogP contribution in [0.5, 0.6) is 0 Å². The average molecular weight is 319 g/mol. The molecule has 0 aliphatic carbocycles. The SMILES string of the molecule is CNCC1CCCN(S(=O)(=O)NCCC2CCCCO2)C1. The summed E-state index contributed by atoms with van der Waals surface area (Å²) in [6.07, 6.45) is 6.41. The van der Waals surface area contributed by atoms with Crippen LogP contribution in [0.25, 0.3) is 0 Å². The molecule has 2 heterocycles. The summed E-state index contributed by atoms with van der Waals surface area (Å²) >= 11 is 0. The number of rotatable bonds is 7. The van der Waals surface area contributed by atoms with Crippen molar-refractivity contribution in [1.29, 1.82) is 0 Å². The lowest BCUT2D eigenvalue weighted by Gasteiger charge is -2.32. The third-order valence-electron chi connectivity index (χ3n) is 4.34. The van der Waals surface area contributed by atoms with Crippen LogP contribution < -0.4 is 10.0 Å². The zero-order chi connectivity index (χ0) is 15.1. The van der Waals surface area contributed by atoms with Crippen molar-refractivity contribution in [2.24, 2.45) is 5.92 Å². The number of hydrogen-bond acceptors (Lipinski definition) is 4. The van der Waals surface area contributed by atoms with Gasteiger partial charge in [-0.05, 0) is 58.0 Å². The summed E-state index contributed by atoms with van der Waals surface area (Å²) in [7, 11) is -1.42. The van der Waals surface area contributed by atoms with Crippen molar-refractivity contribution in [3.05, 3.63) is 0 Å². The Bertz CT molecular complexity index is 394. The number of ether oxygens (including phenoxy) is 1. The first-order valence-corrected chi connectivity index (χ1v) is 9.57. The van der Waals surface area contributed by atoms with E-state index in [4.69, 9.17) is 4.74 Å². The van der Waals surface area contributed by atoms with E-state index in [-0.39, 0.29) is 6.10 Å². The highest BCUT2D eigenvalue weighted by Gasteiger charge is 2.28. The van der Waals surface area contributed by atoms with E-state index < -0.39 is 10.2 Å². The highest BCUT2D eigenvalue weighted by atomic mass is 32.2. The van der Waals surface area contributed by atoms with Crippen molar-refractivity contribution in [3.8, 4) is 0 Å². The van der Waals surface area contributed by atoms with Crippen LogP contribution in [0.2, 0.25) is 0 Å². The van der Waals surface area contributed by atoms with Crippen LogP contribution >= 0.6 is 0 Å². The molecule has 6 nitrogen and oxygen atoms in total. The van der Waals surface area contributed by atoms with Crippen LogP contribution in [0.4, 0.5) is 0 Å². The molecule has 124 valence electrons. The Balaban J connectivity index is 1.75. The van der Waals surface area contributed by atoms with Gasteiger partial charge >= 0.3 is 0 Å². The number of hydrogen-bond donors (Lipinski definition) is 2. The van der Waals surface area contributed by atoms with Crippen LogP contribution in [0.15, 0.2) is 0 Å². The lowest BCUT2D eigenvalue weighted by molar-refractivity contribution is 0.0123. The van der Waals surface area contributed by atoms with Gasteiger partial charge in [-0.1, -0.05) is 0 Å². The largest absolute Gasteiger partial charge is 0.378 e. The molecule has 2 aliphatic rings. The predicted molar refractivity (Wildman–Crippen MR) is 83.4 cm³/mol. The van der Waals surface area contributed by atoms with Gasteiger partial charge in [0.1, 0.15) is 0 Å². The minimum Gasteiger partial charge on any atom is -0.378 e.